The Morgan fingerprint density at radius 3 is 1.52 bits per heavy atom. The zero-order valence-electron chi connectivity index (χ0n) is 33.3. The molecule has 11 heteroatoms. The molecule has 296 valence electrons. The van der Waals surface area contributed by atoms with Gasteiger partial charge in [0.25, 0.3) is 0 Å². The number of rotatable bonds is 10. The van der Waals surface area contributed by atoms with Gasteiger partial charge in [-0.1, -0.05) is 74.9 Å². The fraction of sp³-hybridized carbons (Fsp3) is 0.422. The maximum absolute atomic E-state index is 14.5. The average molecular weight is 796 g/mol. The highest BCUT2D eigenvalue weighted by Crippen LogP contribution is 2.42. The molecule has 0 aromatic heterocycles. The number of carbonyl (C=O) groups excluding carboxylic acids is 2. The van der Waals surface area contributed by atoms with Crippen LogP contribution < -0.4 is 15.4 Å². The number of fused-ring (bicyclic) bond motifs is 2. The number of carbonyl (C=O) groups is 2. The van der Waals surface area contributed by atoms with Crippen LogP contribution in [0.2, 0.25) is 0 Å². The van der Waals surface area contributed by atoms with Gasteiger partial charge in [0, 0.05) is 28.5 Å². The molecule has 0 atom stereocenters. The van der Waals surface area contributed by atoms with E-state index in [-0.39, 0.29) is 56.4 Å². The molecular formula is C45H53N3O6S2. The molecular weight excluding hydrogens is 743 g/mol. The third-order valence-electron chi connectivity index (χ3n) is 12.1. The quantitative estimate of drug-likeness (QED) is 0.127. The summed E-state index contributed by atoms with van der Waals surface area (Å²) in [4.78, 5) is 29.5. The highest BCUT2D eigenvalue weighted by molar-refractivity contribution is 7.91. The Bertz CT molecular complexity index is 2310. The third kappa shape index (κ3) is 7.45. The minimum Gasteiger partial charge on any atom is -0.354 e. The van der Waals surface area contributed by atoms with Gasteiger partial charge in [0.2, 0.25) is 10.0 Å². The van der Waals surface area contributed by atoms with Crippen LogP contribution in [0.4, 0.5) is 22.7 Å². The first-order valence-electron chi connectivity index (χ1n) is 19.9. The van der Waals surface area contributed by atoms with E-state index in [1.807, 2.05) is 32.9 Å². The van der Waals surface area contributed by atoms with Crippen molar-refractivity contribution < 1.29 is 26.4 Å². The van der Waals surface area contributed by atoms with Crippen molar-refractivity contribution in [3.8, 4) is 0 Å². The lowest BCUT2D eigenvalue weighted by Gasteiger charge is -2.27. The fourth-order valence-corrected chi connectivity index (χ4v) is 13.6. The Morgan fingerprint density at radius 2 is 1.02 bits per heavy atom. The maximum atomic E-state index is 14.5. The number of sulfonamides is 1. The second kappa shape index (κ2) is 15.6. The maximum Gasteiger partial charge on any atom is 0.241 e. The molecule has 3 aliphatic carbocycles. The van der Waals surface area contributed by atoms with Crippen molar-refractivity contribution in [2.75, 3.05) is 16.4 Å². The molecule has 2 saturated carbocycles. The summed E-state index contributed by atoms with van der Waals surface area (Å²) >= 11 is 0. The van der Waals surface area contributed by atoms with Crippen LogP contribution in [0.25, 0.3) is 0 Å². The van der Waals surface area contributed by atoms with Crippen molar-refractivity contribution >= 4 is 54.2 Å². The lowest BCUT2D eigenvalue weighted by molar-refractivity contribution is 0.0980. The number of hydrogen-bond donors (Lipinski definition) is 3. The summed E-state index contributed by atoms with van der Waals surface area (Å²) in [6.07, 6.45) is 9.74. The fourth-order valence-electron chi connectivity index (χ4n) is 9.56. The van der Waals surface area contributed by atoms with Gasteiger partial charge >= 0.3 is 0 Å². The minimum absolute atomic E-state index is 0.105. The number of sulfone groups is 1. The molecule has 0 spiro atoms. The molecule has 0 bridgehead atoms. The van der Waals surface area contributed by atoms with E-state index in [2.05, 4.69) is 15.4 Å². The molecule has 4 aromatic rings. The standard InChI is InChI=1S/C45H53N3O6S2/c1-26-23-28(3)44(55(51,52)25-32-15-9-7-10-16-32)30(5)40(26)46-36-21-22-37(39-38(36)42(49)34-19-13-14-20-35(34)43(39)50)47-41-27(2)24-29(4)45(31(41)6)56(53,54)48-33-17-11-8-12-18-33/h13-14,19-24,32-33,46-48H,7-12,15-18,25H2,1-6H3. The molecule has 0 radical (unpaired) electrons. The molecule has 9 nitrogen and oxygen atoms in total. The summed E-state index contributed by atoms with van der Waals surface area (Å²) in [5, 5.41) is 6.84. The number of benzene rings is 4. The molecule has 56 heavy (non-hydrogen) atoms. The van der Waals surface area contributed by atoms with Gasteiger partial charge in [-0.3, -0.25) is 9.59 Å². The molecule has 0 aliphatic heterocycles. The molecule has 2 fully saturated rings. The first-order chi connectivity index (χ1) is 26.6. The number of hydrogen-bond acceptors (Lipinski definition) is 8. The molecule has 0 saturated heterocycles. The van der Waals surface area contributed by atoms with E-state index < -0.39 is 19.9 Å². The van der Waals surface area contributed by atoms with Crippen LogP contribution >= 0.6 is 0 Å². The van der Waals surface area contributed by atoms with Crippen molar-refractivity contribution in [2.45, 2.75) is 122 Å². The SMILES string of the molecule is Cc1cc(C)c(S(=O)(=O)CC2CCCCC2)c(C)c1Nc1ccc(Nc2c(C)cc(C)c(S(=O)(=O)NC3CCCCC3)c2C)c2c1C(=O)c1ccccc1C2=O. The zero-order valence-corrected chi connectivity index (χ0v) is 35.0. The highest BCUT2D eigenvalue weighted by atomic mass is 32.2. The first-order valence-corrected chi connectivity index (χ1v) is 23.1. The van der Waals surface area contributed by atoms with Crippen LogP contribution in [-0.4, -0.2) is 40.2 Å². The van der Waals surface area contributed by atoms with Gasteiger partial charge < -0.3 is 10.6 Å². The summed E-state index contributed by atoms with van der Waals surface area (Å²) in [5.74, 6) is -0.449. The Labute approximate surface area is 332 Å². The lowest BCUT2D eigenvalue weighted by Crippen LogP contribution is -2.36. The second-order valence-corrected chi connectivity index (χ2v) is 19.9. The highest BCUT2D eigenvalue weighted by Gasteiger charge is 2.36. The largest absolute Gasteiger partial charge is 0.354 e. The van der Waals surface area contributed by atoms with E-state index in [1.54, 1.807) is 57.2 Å². The summed E-state index contributed by atoms with van der Waals surface area (Å²) < 4.78 is 58.8. The third-order valence-corrected chi connectivity index (χ3v) is 16.1. The molecule has 0 amide bonds. The predicted molar refractivity (Wildman–Crippen MR) is 223 cm³/mol. The van der Waals surface area contributed by atoms with Crippen LogP contribution in [0, 0.1) is 47.5 Å². The van der Waals surface area contributed by atoms with Crippen molar-refractivity contribution in [3.63, 3.8) is 0 Å². The van der Waals surface area contributed by atoms with Gasteiger partial charge in [-0.25, -0.2) is 21.6 Å². The molecule has 3 N–H and O–H groups in total. The van der Waals surface area contributed by atoms with Crippen LogP contribution in [0.3, 0.4) is 0 Å². The second-order valence-electron chi connectivity index (χ2n) is 16.3. The summed E-state index contributed by atoms with van der Waals surface area (Å²) in [6.45, 7) is 11.0. The summed E-state index contributed by atoms with van der Waals surface area (Å²) in [6, 6.07) is 13.8. The van der Waals surface area contributed by atoms with Gasteiger partial charge in [-0.05, 0) is 119 Å². The number of aryl methyl sites for hydroxylation is 4. The Morgan fingerprint density at radius 1 is 0.571 bits per heavy atom. The normalized spacial score (nSPS) is 16.8. The van der Waals surface area contributed by atoms with Gasteiger partial charge in [0.15, 0.2) is 21.4 Å². The van der Waals surface area contributed by atoms with Crippen molar-refractivity contribution in [1.29, 1.82) is 0 Å². The first kappa shape index (κ1) is 39.9. The van der Waals surface area contributed by atoms with Crippen molar-refractivity contribution in [3.05, 3.63) is 104 Å². The number of anilines is 4. The molecule has 4 aromatic carbocycles. The molecule has 7 rings (SSSR count). The zero-order chi connectivity index (χ0) is 40.1. The van der Waals surface area contributed by atoms with Gasteiger partial charge in [0.1, 0.15) is 0 Å². The lowest BCUT2D eigenvalue weighted by atomic mass is 9.82. The summed E-state index contributed by atoms with van der Waals surface area (Å²) in [7, 11) is -7.49. The Kier molecular flexibility index (Phi) is 11.1. The van der Waals surface area contributed by atoms with E-state index >= 15 is 0 Å². The molecule has 3 aliphatic rings. The van der Waals surface area contributed by atoms with E-state index in [9.17, 15) is 26.4 Å². The van der Waals surface area contributed by atoms with Gasteiger partial charge in [-0.2, -0.15) is 0 Å². The van der Waals surface area contributed by atoms with E-state index in [1.165, 1.54) is 0 Å². The van der Waals surface area contributed by atoms with Crippen LogP contribution in [0.15, 0.2) is 58.3 Å². The predicted octanol–water partition coefficient (Wildman–Crippen LogP) is 9.76. The van der Waals surface area contributed by atoms with Crippen LogP contribution in [0.1, 0.15) is 129 Å². The molecule has 0 unspecified atom stereocenters. The minimum atomic E-state index is -3.87. The van der Waals surface area contributed by atoms with E-state index in [0.717, 1.165) is 75.3 Å². The molecule has 0 heterocycles. The van der Waals surface area contributed by atoms with Gasteiger partial charge in [0.05, 0.1) is 38.0 Å². The van der Waals surface area contributed by atoms with Gasteiger partial charge in [-0.15, -0.1) is 0 Å². The van der Waals surface area contributed by atoms with Crippen molar-refractivity contribution in [1.82, 2.24) is 4.72 Å². The smallest absolute Gasteiger partial charge is 0.241 e. The van der Waals surface area contributed by atoms with E-state index in [0.29, 0.717) is 49.9 Å². The Hall–Kier alpha value is -4.32. The monoisotopic (exact) mass is 795 g/mol. The van der Waals surface area contributed by atoms with Crippen LogP contribution in [-0.2, 0) is 19.9 Å². The topological polar surface area (TPSA) is 139 Å². The number of nitrogens with one attached hydrogen (secondary N) is 3. The summed E-state index contributed by atoms with van der Waals surface area (Å²) in [5.41, 5.74) is 6.74. The van der Waals surface area contributed by atoms with Crippen LogP contribution in [0.5, 0.6) is 0 Å². The number of ketones is 2. The van der Waals surface area contributed by atoms with Crippen molar-refractivity contribution in [2.24, 2.45) is 5.92 Å². The average Bonchev–Trinajstić information content (AvgIpc) is 3.14. The van der Waals surface area contributed by atoms with E-state index in [4.69, 9.17) is 0 Å². The Balaban J connectivity index is 1.32.